The Bertz CT molecular complexity index is 1370. The Morgan fingerprint density at radius 1 is 0.906 bits per heavy atom. The second kappa shape index (κ2) is 16.1. The lowest BCUT2D eigenvalue weighted by molar-refractivity contribution is -0.378. The third kappa shape index (κ3) is 7.91. The van der Waals surface area contributed by atoms with E-state index in [1.807, 2.05) is 41.5 Å². The molecule has 5 heterocycles. The number of carbonyl (C=O) groups excluding carboxylic acids is 3. The lowest BCUT2D eigenvalue weighted by Gasteiger charge is -2.53. The van der Waals surface area contributed by atoms with Crippen molar-refractivity contribution in [3.8, 4) is 0 Å². The maximum atomic E-state index is 14.5. The van der Waals surface area contributed by atoms with Crippen molar-refractivity contribution in [2.45, 2.75) is 200 Å². The minimum Gasteiger partial charge on any atom is -0.392 e. The van der Waals surface area contributed by atoms with Crippen LogP contribution in [0.2, 0.25) is 0 Å². The molecule has 5 aliphatic rings. The first-order valence-electron chi connectivity index (χ1n) is 20.9. The topological polar surface area (TPSA) is 138 Å². The van der Waals surface area contributed by atoms with Crippen LogP contribution in [-0.4, -0.2) is 87.0 Å². The van der Waals surface area contributed by atoms with E-state index in [1.165, 1.54) is 6.08 Å². The monoisotopic (exact) mass is 746 g/mol. The van der Waals surface area contributed by atoms with Crippen molar-refractivity contribution in [2.24, 2.45) is 41.4 Å². The minimum absolute atomic E-state index is 0.0149. The summed E-state index contributed by atoms with van der Waals surface area (Å²) in [6, 6.07) is 0. The lowest BCUT2D eigenvalue weighted by atomic mass is 9.72. The summed E-state index contributed by atoms with van der Waals surface area (Å²) >= 11 is 0. The number of ketones is 3. The van der Waals surface area contributed by atoms with E-state index in [0.29, 0.717) is 51.4 Å². The zero-order valence-electron chi connectivity index (χ0n) is 34.4. The molecule has 53 heavy (non-hydrogen) atoms. The molecule has 5 aliphatic heterocycles. The fourth-order valence-electron chi connectivity index (χ4n) is 10.6. The zero-order valence-corrected chi connectivity index (χ0v) is 34.4. The lowest BCUT2D eigenvalue weighted by Crippen LogP contribution is -2.62. The summed E-state index contributed by atoms with van der Waals surface area (Å²) in [6.07, 6.45) is 6.97. The highest BCUT2D eigenvalue weighted by atomic mass is 16.8. The number of ether oxygens (including phenoxy) is 5. The molecule has 302 valence electrons. The summed E-state index contributed by atoms with van der Waals surface area (Å²) in [7, 11) is 0. The van der Waals surface area contributed by atoms with Crippen molar-refractivity contribution in [3.63, 3.8) is 0 Å². The van der Waals surface area contributed by atoms with Crippen LogP contribution in [0, 0.1) is 41.4 Å². The highest BCUT2D eigenvalue weighted by Gasteiger charge is 2.63. The maximum Gasteiger partial charge on any atom is 0.236 e. The van der Waals surface area contributed by atoms with Crippen molar-refractivity contribution in [1.29, 1.82) is 0 Å². The molecular weight excluding hydrogens is 676 g/mol. The highest BCUT2D eigenvalue weighted by molar-refractivity contribution is 5.97. The summed E-state index contributed by atoms with van der Waals surface area (Å²) in [4.78, 5) is 40.5. The van der Waals surface area contributed by atoms with Gasteiger partial charge in [-0.15, -0.1) is 0 Å². The molecule has 0 aromatic rings. The summed E-state index contributed by atoms with van der Waals surface area (Å²) in [5, 5.41) is 22.8. The fourth-order valence-corrected chi connectivity index (χ4v) is 10.6. The highest BCUT2D eigenvalue weighted by Crippen LogP contribution is 2.53. The molecule has 0 saturated carbocycles. The number of hydrogen-bond donors (Lipinski definition) is 2. The largest absolute Gasteiger partial charge is 0.392 e. The van der Waals surface area contributed by atoms with Crippen molar-refractivity contribution in [2.75, 3.05) is 0 Å². The number of hydrogen-bond acceptors (Lipinski definition) is 10. The van der Waals surface area contributed by atoms with Crippen LogP contribution >= 0.6 is 0 Å². The van der Waals surface area contributed by atoms with Crippen LogP contribution in [0.25, 0.3) is 0 Å². The summed E-state index contributed by atoms with van der Waals surface area (Å²) in [5.41, 5.74) is -1.69. The van der Waals surface area contributed by atoms with Gasteiger partial charge in [-0.3, -0.25) is 14.4 Å². The second-order valence-electron chi connectivity index (χ2n) is 18.0. The molecule has 10 nitrogen and oxygen atoms in total. The summed E-state index contributed by atoms with van der Waals surface area (Å²) in [5.74, 6) is -4.64. The van der Waals surface area contributed by atoms with Crippen molar-refractivity contribution in [1.82, 2.24) is 0 Å². The first-order valence-corrected chi connectivity index (χ1v) is 20.9. The average Bonchev–Trinajstić information content (AvgIpc) is 3.47. The van der Waals surface area contributed by atoms with E-state index in [4.69, 9.17) is 23.7 Å². The predicted octanol–water partition coefficient (Wildman–Crippen LogP) is 6.90. The van der Waals surface area contributed by atoms with Gasteiger partial charge in [0, 0.05) is 36.0 Å². The second-order valence-corrected chi connectivity index (χ2v) is 18.0. The fraction of sp³-hybridized carbons (Fsp3) is 0.884. The maximum absolute atomic E-state index is 14.5. The molecule has 10 heteroatoms. The molecule has 0 unspecified atom stereocenters. The molecule has 2 spiro atoms. The van der Waals surface area contributed by atoms with Gasteiger partial charge in [-0.25, -0.2) is 0 Å². The van der Waals surface area contributed by atoms with Crippen LogP contribution in [0.5, 0.6) is 0 Å². The van der Waals surface area contributed by atoms with E-state index >= 15 is 0 Å². The normalized spacial score (nSPS) is 44.8. The number of rotatable bonds is 12. The van der Waals surface area contributed by atoms with Gasteiger partial charge in [-0.2, -0.15) is 0 Å². The van der Waals surface area contributed by atoms with Gasteiger partial charge in [0.25, 0.3) is 0 Å². The zero-order chi connectivity index (χ0) is 39.3. The van der Waals surface area contributed by atoms with E-state index in [1.54, 1.807) is 19.9 Å². The predicted molar refractivity (Wildman–Crippen MR) is 201 cm³/mol. The molecular formula is C43H70O10. The molecule has 0 radical (unpaired) electrons. The third-order valence-electron chi connectivity index (χ3n) is 14.5. The molecule has 4 fully saturated rings. The Labute approximate surface area is 318 Å². The van der Waals surface area contributed by atoms with Crippen molar-refractivity contribution < 1.29 is 48.3 Å². The number of aliphatic hydroxyl groups is 2. The number of aliphatic hydroxyl groups excluding tert-OH is 1. The van der Waals surface area contributed by atoms with Crippen LogP contribution in [-0.2, 0) is 38.1 Å². The Morgan fingerprint density at radius 2 is 1.58 bits per heavy atom. The molecule has 17 atom stereocenters. The Morgan fingerprint density at radius 3 is 2.19 bits per heavy atom. The number of carbonyl (C=O) groups is 3. The van der Waals surface area contributed by atoms with Gasteiger partial charge in [-0.05, 0) is 103 Å². The molecule has 0 aromatic carbocycles. The molecule has 5 rings (SSSR count). The van der Waals surface area contributed by atoms with E-state index in [2.05, 4.69) is 20.8 Å². The molecule has 4 saturated heterocycles. The third-order valence-corrected chi connectivity index (χ3v) is 14.5. The summed E-state index contributed by atoms with van der Waals surface area (Å²) < 4.78 is 33.4. The number of Topliss-reactive ketones (excluding diaryl/α,β-unsaturated/α-hetero) is 2. The molecule has 2 N–H and O–H groups in total. The van der Waals surface area contributed by atoms with Gasteiger partial charge in [0.1, 0.15) is 11.6 Å². The molecule has 0 bridgehead atoms. The van der Waals surface area contributed by atoms with Crippen molar-refractivity contribution >= 4 is 17.3 Å². The van der Waals surface area contributed by atoms with Gasteiger partial charge >= 0.3 is 0 Å². The van der Waals surface area contributed by atoms with Crippen LogP contribution in [0.4, 0.5) is 0 Å². The molecule has 0 aromatic heterocycles. The van der Waals surface area contributed by atoms with E-state index in [0.717, 1.165) is 12.8 Å². The Kier molecular flexibility index (Phi) is 13.0. The van der Waals surface area contributed by atoms with Gasteiger partial charge in [0.15, 0.2) is 5.79 Å². The van der Waals surface area contributed by atoms with Gasteiger partial charge in [-0.1, -0.05) is 55.4 Å². The Balaban J connectivity index is 1.31. The first kappa shape index (κ1) is 42.6. The molecule has 0 aliphatic carbocycles. The smallest absolute Gasteiger partial charge is 0.236 e. The average molecular weight is 747 g/mol. The van der Waals surface area contributed by atoms with Gasteiger partial charge < -0.3 is 33.9 Å². The van der Waals surface area contributed by atoms with E-state index in [9.17, 15) is 24.6 Å². The van der Waals surface area contributed by atoms with E-state index in [-0.39, 0.29) is 71.4 Å². The van der Waals surface area contributed by atoms with Gasteiger partial charge in [0.05, 0.1) is 47.8 Å². The van der Waals surface area contributed by atoms with Crippen LogP contribution in [0.15, 0.2) is 12.2 Å². The minimum atomic E-state index is -1.55. The quantitative estimate of drug-likeness (QED) is 0.217. The molecule has 0 amide bonds. The van der Waals surface area contributed by atoms with E-state index < -0.39 is 46.8 Å². The summed E-state index contributed by atoms with van der Waals surface area (Å²) in [6.45, 7) is 21.5. The SMILES string of the molecule is CC[C@@H](C(=O)[C@@H](C)[C@@H](O)[C@H](C)[C@@H]1O[C@@H]([C@@H](CC)C(C)=O)CC[C@@H]1C)[C@H]1O[C@]2(C=CC(=O)[C@]3(CC[C@@](C)([C@H]4CC[C@](O)(CC)[C@H](C)O4)O3)O2)[C@H](C)C[C@@H]1C. The Hall–Kier alpha value is -1.53. The van der Waals surface area contributed by atoms with Crippen LogP contribution in [0.3, 0.4) is 0 Å². The van der Waals surface area contributed by atoms with Crippen LogP contribution < -0.4 is 0 Å². The standard InChI is InChI=1S/C43H70O10/c1-12-31(29(9)44)33-16-15-24(4)38(50-33)28(8)36(46)27(7)37(47)32(13-2)39-25(5)23-26(6)42(51-39)20-17-34(45)43(53-42)22-21-40(11,52-43)35-18-19-41(48,14-3)30(10)49-35/h17,20,24-28,30-33,35-36,38-39,46,48H,12-16,18-19,21-23H2,1-11H3/t24-,25-,26+,27-,28-,30-,31-,32-,33+,35+,36+,38+,39-,40-,41+,42-,43-/m0/s1. The first-order chi connectivity index (χ1) is 24.8. The van der Waals surface area contributed by atoms with Crippen LogP contribution in [0.1, 0.15) is 140 Å². The van der Waals surface area contributed by atoms with Gasteiger partial charge in [0.2, 0.25) is 11.6 Å². The van der Waals surface area contributed by atoms with Crippen molar-refractivity contribution in [3.05, 3.63) is 12.2 Å².